The molecule has 0 saturated carbocycles. The average molecular weight is 347 g/mol. The number of benzene rings is 1. The first-order valence-corrected chi connectivity index (χ1v) is 8.53. The van der Waals surface area contributed by atoms with Crippen LogP contribution in [0, 0.1) is 13.8 Å². The van der Waals surface area contributed by atoms with Crippen LogP contribution in [0.3, 0.4) is 0 Å². The highest BCUT2D eigenvalue weighted by Gasteiger charge is 2.20. The lowest BCUT2D eigenvalue weighted by Gasteiger charge is -2.13. The summed E-state index contributed by atoms with van der Waals surface area (Å²) in [5, 5.41) is 13.0. The van der Waals surface area contributed by atoms with E-state index < -0.39 is 11.3 Å². The van der Waals surface area contributed by atoms with Gasteiger partial charge in [-0.25, -0.2) is 4.79 Å². The number of aromatic nitrogens is 3. The average Bonchev–Trinajstić information content (AvgIpc) is 2.95. The molecule has 0 saturated heterocycles. The molecule has 7 nitrogen and oxygen atoms in total. The molecule has 24 heavy (non-hydrogen) atoms. The smallest absolute Gasteiger partial charge is 0.321 e. The number of amides is 3. The Morgan fingerprint density at radius 1 is 1.33 bits per heavy atom. The van der Waals surface area contributed by atoms with Gasteiger partial charge in [-0.2, -0.15) is 0 Å². The maximum Gasteiger partial charge on any atom is 0.321 e. The molecular weight excluding hydrogens is 326 g/mol. The van der Waals surface area contributed by atoms with Crippen molar-refractivity contribution in [3.63, 3.8) is 0 Å². The molecule has 0 fully saturated rings. The van der Waals surface area contributed by atoms with E-state index in [2.05, 4.69) is 26.9 Å². The van der Waals surface area contributed by atoms with Gasteiger partial charge in [0.2, 0.25) is 5.91 Å². The minimum Gasteiger partial charge on any atom is -0.338 e. The molecule has 0 aliphatic heterocycles. The molecule has 3 amide bonds. The number of hydrogen-bond donors (Lipinski definition) is 2. The topological polar surface area (TPSA) is 88.9 Å². The molecule has 0 radical (unpaired) electrons. The van der Waals surface area contributed by atoms with E-state index in [1.165, 1.54) is 17.3 Å². The first-order chi connectivity index (χ1) is 11.4. The lowest BCUT2D eigenvalue weighted by Crippen LogP contribution is -2.42. The molecule has 1 aromatic carbocycles. The molecule has 2 N–H and O–H groups in total. The van der Waals surface area contributed by atoms with Gasteiger partial charge in [0.1, 0.15) is 6.33 Å². The van der Waals surface area contributed by atoms with Crippen LogP contribution in [0.4, 0.5) is 4.79 Å². The first-order valence-electron chi connectivity index (χ1n) is 7.65. The van der Waals surface area contributed by atoms with Crippen molar-refractivity contribution in [2.24, 2.45) is 0 Å². The van der Waals surface area contributed by atoms with Crippen LogP contribution in [0.15, 0.2) is 29.7 Å². The maximum absolute atomic E-state index is 12.1. The highest BCUT2D eigenvalue weighted by Crippen LogP contribution is 2.25. The van der Waals surface area contributed by atoms with Crippen LogP contribution in [0.2, 0.25) is 0 Å². The molecule has 0 bridgehead atoms. The van der Waals surface area contributed by atoms with E-state index in [0.717, 1.165) is 11.3 Å². The van der Waals surface area contributed by atoms with E-state index in [1.54, 1.807) is 20.2 Å². The Hall–Kier alpha value is -2.35. The molecular formula is C16H21N5O2S. The highest BCUT2D eigenvalue weighted by molar-refractivity contribution is 8.00. The van der Waals surface area contributed by atoms with Crippen LogP contribution in [0.5, 0.6) is 0 Å². The van der Waals surface area contributed by atoms with Crippen molar-refractivity contribution in [2.75, 3.05) is 6.54 Å². The van der Waals surface area contributed by atoms with Crippen molar-refractivity contribution >= 4 is 23.7 Å². The number of aryl methyl sites for hydroxylation is 2. The molecule has 2 rings (SSSR count). The Labute approximate surface area is 145 Å². The van der Waals surface area contributed by atoms with Gasteiger partial charge in [0.25, 0.3) is 0 Å². The second kappa shape index (κ2) is 7.96. The number of carbonyl (C=O) groups excluding carboxylic acids is 2. The predicted molar refractivity (Wildman–Crippen MR) is 93.4 cm³/mol. The van der Waals surface area contributed by atoms with E-state index in [4.69, 9.17) is 0 Å². The summed E-state index contributed by atoms with van der Waals surface area (Å²) in [6.07, 6.45) is 1.62. The van der Waals surface area contributed by atoms with Gasteiger partial charge >= 0.3 is 6.03 Å². The molecule has 128 valence electrons. The minimum atomic E-state index is -0.495. The van der Waals surface area contributed by atoms with Crippen molar-refractivity contribution < 1.29 is 9.59 Å². The monoisotopic (exact) mass is 347 g/mol. The molecule has 8 heteroatoms. The van der Waals surface area contributed by atoms with Gasteiger partial charge in [-0.15, -0.1) is 10.2 Å². The van der Waals surface area contributed by atoms with Gasteiger partial charge in [-0.05, 0) is 39.3 Å². The largest absolute Gasteiger partial charge is 0.338 e. The fourth-order valence-electron chi connectivity index (χ4n) is 2.18. The van der Waals surface area contributed by atoms with Crippen molar-refractivity contribution in [2.45, 2.75) is 38.1 Å². The molecule has 1 heterocycles. The van der Waals surface area contributed by atoms with Gasteiger partial charge in [-0.1, -0.05) is 29.5 Å². The second-order valence-electron chi connectivity index (χ2n) is 5.38. The van der Waals surface area contributed by atoms with Crippen LogP contribution in [0.1, 0.15) is 25.0 Å². The molecule has 2 aromatic rings. The molecule has 1 aromatic heterocycles. The predicted octanol–water partition coefficient (Wildman–Crippen LogP) is 2.21. The molecule has 0 aliphatic rings. The summed E-state index contributed by atoms with van der Waals surface area (Å²) in [5.41, 5.74) is 3.23. The van der Waals surface area contributed by atoms with Crippen molar-refractivity contribution in [3.8, 4) is 5.69 Å². The van der Waals surface area contributed by atoms with E-state index in [1.807, 2.05) is 30.5 Å². The summed E-state index contributed by atoms with van der Waals surface area (Å²) in [6.45, 7) is 8.02. The number of thioether (sulfide) groups is 1. The van der Waals surface area contributed by atoms with E-state index in [-0.39, 0.29) is 5.91 Å². The van der Waals surface area contributed by atoms with Gasteiger partial charge in [0, 0.05) is 6.54 Å². The number of rotatable bonds is 5. The van der Waals surface area contributed by atoms with Crippen LogP contribution in [0.25, 0.3) is 5.69 Å². The third kappa shape index (κ3) is 4.35. The SMILES string of the molecule is CCNC(=O)NC(=O)C(C)Sc1nncn1-c1ccc(C)cc1C. The number of imide groups is 1. The summed E-state index contributed by atoms with van der Waals surface area (Å²) in [6, 6.07) is 5.60. The summed E-state index contributed by atoms with van der Waals surface area (Å²) in [7, 11) is 0. The Kier molecular flexibility index (Phi) is 5.97. The third-order valence-electron chi connectivity index (χ3n) is 3.35. The first kappa shape index (κ1) is 18.0. The van der Waals surface area contributed by atoms with Crippen molar-refractivity contribution in [1.29, 1.82) is 0 Å². The second-order valence-corrected chi connectivity index (χ2v) is 6.69. The van der Waals surface area contributed by atoms with Crippen LogP contribution >= 0.6 is 11.8 Å². The highest BCUT2D eigenvalue weighted by atomic mass is 32.2. The van der Waals surface area contributed by atoms with Crippen LogP contribution in [-0.2, 0) is 4.79 Å². The minimum absolute atomic E-state index is 0.374. The van der Waals surface area contributed by atoms with Gasteiger partial charge in [-0.3, -0.25) is 14.7 Å². The standard InChI is InChI=1S/C16H21N5O2S/c1-5-17-15(23)19-14(22)12(4)24-16-20-18-9-21(16)13-7-6-10(2)8-11(13)3/h6-9,12H,5H2,1-4H3,(H2,17,19,22,23). The Balaban J connectivity index is 2.13. The third-order valence-corrected chi connectivity index (χ3v) is 4.41. The zero-order valence-corrected chi connectivity index (χ0v) is 15.0. The Morgan fingerprint density at radius 2 is 2.08 bits per heavy atom. The zero-order valence-electron chi connectivity index (χ0n) is 14.2. The van der Waals surface area contributed by atoms with E-state index >= 15 is 0 Å². The maximum atomic E-state index is 12.1. The summed E-state index contributed by atoms with van der Waals surface area (Å²) in [4.78, 5) is 23.5. The quantitative estimate of drug-likeness (QED) is 0.810. The lowest BCUT2D eigenvalue weighted by molar-refractivity contribution is -0.119. The van der Waals surface area contributed by atoms with E-state index in [0.29, 0.717) is 11.7 Å². The number of urea groups is 1. The van der Waals surface area contributed by atoms with Gasteiger partial charge in [0.15, 0.2) is 5.16 Å². The molecule has 0 aliphatic carbocycles. The Bertz CT molecular complexity index is 744. The zero-order chi connectivity index (χ0) is 17.7. The number of nitrogens with zero attached hydrogens (tertiary/aromatic N) is 3. The fourth-order valence-corrected chi connectivity index (χ4v) is 3.01. The van der Waals surface area contributed by atoms with Crippen LogP contribution < -0.4 is 10.6 Å². The summed E-state index contributed by atoms with van der Waals surface area (Å²) < 4.78 is 1.84. The molecule has 1 unspecified atom stereocenters. The molecule has 1 atom stereocenters. The van der Waals surface area contributed by atoms with Gasteiger partial charge in [0.05, 0.1) is 10.9 Å². The Morgan fingerprint density at radius 3 is 2.75 bits per heavy atom. The lowest BCUT2D eigenvalue weighted by atomic mass is 10.1. The van der Waals surface area contributed by atoms with Crippen LogP contribution in [-0.4, -0.2) is 38.5 Å². The normalized spacial score (nSPS) is 11.8. The van der Waals surface area contributed by atoms with Crippen molar-refractivity contribution in [1.82, 2.24) is 25.4 Å². The fraction of sp³-hybridized carbons (Fsp3) is 0.375. The molecule has 0 spiro atoms. The number of carbonyl (C=O) groups is 2. The van der Waals surface area contributed by atoms with E-state index in [9.17, 15) is 9.59 Å². The summed E-state index contributed by atoms with van der Waals surface area (Å²) in [5.74, 6) is -0.374. The number of nitrogens with one attached hydrogen (secondary N) is 2. The van der Waals surface area contributed by atoms with Crippen molar-refractivity contribution in [3.05, 3.63) is 35.7 Å². The number of hydrogen-bond acceptors (Lipinski definition) is 5. The summed E-state index contributed by atoms with van der Waals surface area (Å²) >= 11 is 1.25. The van der Waals surface area contributed by atoms with Gasteiger partial charge < -0.3 is 5.32 Å².